The molecule has 2 rings (SSSR count). The number of hydrogen-bond acceptors (Lipinski definition) is 3. The molecule has 3 N–H and O–H groups in total. The van der Waals surface area contributed by atoms with E-state index < -0.39 is 0 Å². The van der Waals surface area contributed by atoms with Crippen LogP contribution in [0, 0.1) is 11.7 Å². The minimum absolute atomic E-state index is 0.134. The van der Waals surface area contributed by atoms with Crippen LogP contribution in [-0.4, -0.2) is 15.0 Å². The molecule has 0 aromatic carbocycles. The third-order valence-corrected chi connectivity index (χ3v) is 3.18. The predicted molar refractivity (Wildman–Crippen MR) is 68.2 cm³/mol. The van der Waals surface area contributed by atoms with Gasteiger partial charge in [-0.2, -0.15) is 0 Å². The Morgan fingerprint density at radius 3 is 2.83 bits per heavy atom. The molecule has 0 radical (unpaired) electrons. The van der Waals surface area contributed by atoms with Crippen molar-refractivity contribution in [2.75, 3.05) is 0 Å². The summed E-state index contributed by atoms with van der Waals surface area (Å²) in [5.74, 6) is 0.702. The van der Waals surface area contributed by atoms with Crippen molar-refractivity contribution < 1.29 is 4.39 Å². The Morgan fingerprint density at radius 1 is 1.39 bits per heavy atom. The van der Waals surface area contributed by atoms with Crippen LogP contribution in [0.4, 0.5) is 4.39 Å². The number of aromatic nitrogens is 3. The lowest BCUT2D eigenvalue weighted by Gasteiger charge is -2.15. The van der Waals surface area contributed by atoms with Gasteiger partial charge >= 0.3 is 0 Å². The number of nitrogens with two attached hydrogens (primary N) is 1. The monoisotopic (exact) mass is 248 g/mol. The lowest BCUT2D eigenvalue weighted by atomic mass is 10.00. The molecule has 2 aromatic rings. The molecule has 0 aliphatic rings. The molecule has 0 aliphatic carbocycles. The summed E-state index contributed by atoms with van der Waals surface area (Å²) in [4.78, 5) is 11.2. The summed E-state index contributed by atoms with van der Waals surface area (Å²) in [6, 6.07) is 1.28. The van der Waals surface area contributed by atoms with E-state index in [-0.39, 0.29) is 11.9 Å². The highest BCUT2D eigenvalue weighted by atomic mass is 19.1. The Balaban J connectivity index is 2.25. The highest BCUT2D eigenvalue weighted by Crippen LogP contribution is 2.23. The number of pyridine rings is 1. The maximum Gasteiger partial charge on any atom is 0.142 e. The first-order chi connectivity index (χ1) is 8.61. The van der Waals surface area contributed by atoms with E-state index in [4.69, 9.17) is 5.73 Å². The van der Waals surface area contributed by atoms with Crippen LogP contribution in [0.1, 0.15) is 32.1 Å². The molecule has 96 valence electrons. The molecule has 4 nitrogen and oxygen atoms in total. The van der Waals surface area contributed by atoms with E-state index in [9.17, 15) is 4.39 Å². The molecule has 2 atom stereocenters. The van der Waals surface area contributed by atoms with Gasteiger partial charge in [-0.05, 0) is 12.0 Å². The highest BCUT2D eigenvalue weighted by Gasteiger charge is 2.16. The summed E-state index contributed by atoms with van der Waals surface area (Å²) in [5, 5.41) is 0. The van der Waals surface area contributed by atoms with E-state index in [1.165, 1.54) is 12.3 Å². The second-order valence-electron chi connectivity index (χ2n) is 4.49. The molecule has 18 heavy (non-hydrogen) atoms. The fraction of sp³-hybridized carbons (Fsp3) is 0.385. The van der Waals surface area contributed by atoms with Gasteiger partial charge in [0.05, 0.1) is 24.1 Å². The van der Waals surface area contributed by atoms with Crippen molar-refractivity contribution in [3.05, 3.63) is 36.3 Å². The lowest BCUT2D eigenvalue weighted by molar-refractivity contribution is 0.441. The van der Waals surface area contributed by atoms with E-state index in [0.717, 1.165) is 17.9 Å². The van der Waals surface area contributed by atoms with Crippen molar-refractivity contribution in [2.45, 2.75) is 26.3 Å². The fourth-order valence-corrected chi connectivity index (χ4v) is 1.74. The molecule has 0 aliphatic heterocycles. The van der Waals surface area contributed by atoms with Gasteiger partial charge in [-0.15, -0.1) is 0 Å². The highest BCUT2D eigenvalue weighted by molar-refractivity contribution is 5.57. The van der Waals surface area contributed by atoms with Crippen LogP contribution >= 0.6 is 0 Å². The van der Waals surface area contributed by atoms with E-state index in [0.29, 0.717) is 11.5 Å². The first kappa shape index (κ1) is 12.7. The number of nitrogens with zero attached hydrogens (tertiary/aromatic N) is 2. The number of hydrogen-bond donors (Lipinski definition) is 2. The number of imidazole rings is 1. The predicted octanol–water partition coefficient (Wildman–Crippen LogP) is 2.66. The molecule has 0 saturated carbocycles. The molecule has 2 unspecified atom stereocenters. The third kappa shape index (κ3) is 2.56. The molecule has 0 bridgehead atoms. The van der Waals surface area contributed by atoms with Crippen LogP contribution in [0.25, 0.3) is 11.3 Å². The Hall–Kier alpha value is -1.75. The summed E-state index contributed by atoms with van der Waals surface area (Å²) in [6.07, 6.45) is 5.41. The van der Waals surface area contributed by atoms with E-state index in [1.807, 2.05) is 0 Å². The average Bonchev–Trinajstić information content (AvgIpc) is 2.86. The van der Waals surface area contributed by atoms with E-state index >= 15 is 0 Å². The van der Waals surface area contributed by atoms with Crippen molar-refractivity contribution in [3.8, 4) is 11.3 Å². The number of halogens is 1. The second-order valence-corrected chi connectivity index (χ2v) is 4.49. The van der Waals surface area contributed by atoms with Crippen LogP contribution in [0.2, 0.25) is 0 Å². The van der Waals surface area contributed by atoms with Crippen LogP contribution in [0.3, 0.4) is 0 Å². The van der Waals surface area contributed by atoms with Gasteiger partial charge in [0, 0.05) is 11.8 Å². The van der Waals surface area contributed by atoms with Crippen molar-refractivity contribution in [3.63, 3.8) is 0 Å². The number of aromatic amines is 1. The Kier molecular flexibility index (Phi) is 3.72. The Bertz CT molecular complexity index is 523. The van der Waals surface area contributed by atoms with Crippen molar-refractivity contribution in [1.82, 2.24) is 15.0 Å². The van der Waals surface area contributed by atoms with Crippen molar-refractivity contribution in [2.24, 2.45) is 11.7 Å². The minimum Gasteiger partial charge on any atom is -0.341 e. The SMILES string of the molecule is CCC(C)C(N)c1ncc(-c2cncc(F)c2)[nH]1. The molecule has 0 spiro atoms. The topological polar surface area (TPSA) is 67.6 Å². The molecular formula is C13H17FN4. The maximum atomic E-state index is 13.1. The normalized spacial score (nSPS) is 14.4. The minimum atomic E-state index is -0.366. The fourth-order valence-electron chi connectivity index (χ4n) is 1.74. The molecule has 5 heteroatoms. The summed E-state index contributed by atoms with van der Waals surface area (Å²) >= 11 is 0. The van der Waals surface area contributed by atoms with Crippen molar-refractivity contribution in [1.29, 1.82) is 0 Å². The lowest BCUT2D eigenvalue weighted by Crippen LogP contribution is -2.19. The summed E-state index contributed by atoms with van der Waals surface area (Å²) < 4.78 is 13.1. The largest absolute Gasteiger partial charge is 0.341 e. The maximum absolute atomic E-state index is 13.1. The van der Waals surface area contributed by atoms with Crippen LogP contribution in [0.5, 0.6) is 0 Å². The zero-order valence-corrected chi connectivity index (χ0v) is 10.5. The van der Waals surface area contributed by atoms with Crippen molar-refractivity contribution >= 4 is 0 Å². The van der Waals surface area contributed by atoms with Gasteiger partial charge in [-0.25, -0.2) is 9.37 Å². The number of H-pyrrole nitrogens is 1. The van der Waals surface area contributed by atoms with Crippen LogP contribution in [-0.2, 0) is 0 Å². The second kappa shape index (κ2) is 5.27. The molecule has 0 amide bonds. The van der Waals surface area contributed by atoms with Gasteiger partial charge in [-0.1, -0.05) is 20.3 Å². The zero-order chi connectivity index (χ0) is 13.1. The molecule has 2 aromatic heterocycles. The van der Waals surface area contributed by atoms with Gasteiger partial charge < -0.3 is 10.7 Å². The molecular weight excluding hydrogens is 231 g/mol. The smallest absolute Gasteiger partial charge is 0.142 e. The average molecular weight is 248 g/mol. The third-order valence-electron chi connectivity index (χ3n) is 3.18. The van der Waals surface area contributed by atoms with Gasteiger partial charge in [0.1, 0.15) is 11.6 Å². The first-order valence-corrected chi connectivity index (χ1v) is 6.03. The Morgan fingerprint density at radius 2 is 2.17 bits per heavy atom. The quantitative estimate of drug-likeness (QED) is 0.874. The van der Waals surface area contributed by atoms with Crippen LogP contribution in [0.15, 0.2) is 24.7 Å². The Labute approximate surface area is 105 Å². The molecule has 0 fully saturated rings. The molecule has 2 heterocycles. The summed E-state index contributed by atoms with van der Waals surface area (Å²) in [7, 11) is 0. The summed E-state index contributed by atoms with van der Waals surface area (Å²) in [6.45, 7) is 4.17. The van der Waals surface area contributed by atoms with Crippen LogP contribution < -0.4 is 5.73 Å². The van der Waals surface area contributed by atoms with Gasteiger partial charge in [0.15, 0.2) is 0 Å². The van der Waals surface area contributed by atoms with Gasteiger partial charge in [-0.3, -0.25) is 4.98 Å². The van der Waals surface area contributed by atoms with E-state index in [1.54, 1.807) is 12.4 Å². The van der Waals surface area contributed by atoms with Gasteiger partial charge in [0.25, 0.3) is 0 Å². The zero-order valence-electron chi connectivity index (χ0n) is 10.5. The molecule has 0 saturated heterocycles. The summed E-state index contributed by atoms with van der Waals surface area (Å²) in [5.41, 5.74) is 7.49. The number of rotatable bonds is 4. The first-order valence-electron chi connectivity index (χ1n) is 6.03. The van der Waals surface area contributed by atoms with Gasteiger partial charge in [0.2, 0.25) is 0 Å². The standard InChI is InChI=1S/C13H17FN4/c1-3-8(2)12(15)13-17-7-11(18-13)9-4-10(14)6-16-5-9/h4-8,12H,3,15H2,1-2H3,(H,17,18). The number of nitrogens with one attached hydrogen (secondary N) is 1. The van der Waals surface area contributed by atoms with E-state index in [2.05, 4.69) is 28.8 Å².